The van der Waals surface area contributed by atoms with Gasteiger partial charge >= 0.3 is 0 Å². The molecule has 0 heterocycles. The molecule has 0 saturated carbocycles. The largest absolute Gasteiger partial charge is 0.372 e. The minimum Gasteiger partial charge on any atom is -0.372 e. The fourth-order valence-corrected chi connectivity index (χ4v) is 3.27. The number of amides is 1. The van der Waals surface area contributed by atoms with Crippen molar-refractivity contribution < 1.29 is 4.79 Å². The number of hydrogen-bond donors (Lipinski definition) is 2. The summed E-state index contributed by atoms with van der Waals surface area (Å²) in [7, 11) is 0. The zero-order chi connectivity index (χ0) is 19.8. The second-order valence-corrected chi connectivity index (χ2v) is 7.19. The Balaban J connectivity index is 2.07. The van der Waals surface area contributed by atoms with E-state index >= 15 is 0 Å². The summed E-state index contributed by atoms with van der Waals surface area (Å²) in [5.74, 6) is -0.436. The van der Waals surface area contributed by atoms with Gasteiger partial charge in [0.15, 0.2) is 0 Å². The van der Waals surface area contributed by atoms with Crippen LogP contribution in [0.1, 0.15) is 19.4 Å². The molecule has 6 heteroatoms. The Morgan fingerprint density at radius 3 is 2.41 bits per heavy atom. The van der Waals surface area contributed by atoms with Crippen molar-refractivity contribution in [2.24, 2.45) is 0 Å². The fraction of sp³-hybridized carbons (Fsp3) is 0.238. The van der Waals surface area contributed by atoms with Crippen molar-refractivity contribution >= 4 is 45.6 Å². The number of halogens is 1. The number of aryl methyl sites for hydroxylation is 1. The van der Waals surface area contributed by atoms with E-state index in [4.69, 9.17) is 0 Å². The van der Waals surface area contributed by atoms with Gasteiger partial charge in [0.1, 0.15) is 11.6 Å². The topological polar surface area (TPSA) is 68.2 Å². The van der Waals surface area contributed by atoms with Crippen LogP contribution in [0.25, 0.3) is 0 Å². The summed E-state index contributed by atoms with van der Waals surface area (Å²) in [5, 5.41) is 15.1. The maximum absolute atomic E-state index is 12.4. The predicted molar refractivity (Wildman–Crippen MR) is 120 cm³/mol. The molecule has 0 aliphatic rings. The van der Waals surface area contributed by atoms with Crippen molar-refractivity contribution in [1.82, 2.24) is 0 Å². The van der Waals surface area contributed by atoms with Crippen LogP contribution < -0.4 is 15.5 Å². The summed E-state index contributed by atoms with van der Waals surface area (Å²) in [5.41, 5.74) is 3.62. The van der Waals surface area contributed by atoms with Gasteiger partial charge in [-0.25, -0.2) is 0 Å². The second kappa shape index (κ2) is 9.97. The first-order valence-electron chi connectivity index (χ1n) is 8.77. The van der Waals surface area contributed by atoms with E-state index in [1.165, 1.54) is 6.20 Å². The smallest absolute Gasteiger partial charge is 0.267 e. The minimum atomic E-state index is -0.436. The first-order chi connectivity index (χ1) is 13.0. The van der Waals surface area contributed by atoms with E-state index in [0.29, 0.717) is 5.69 Å². The van der Waals surface area contributed by atoms with Crippen LogP contribution in [0.4, 0.5) is 17.1 Å². The molecule has 0 atom stereocenters. The van der Waals surface area contributed by atoms with Crippen LogP contribution in [0, 0.1) is 21.8 Å². The zero-order valence-electron chi connectivity index (χ0n) is 15.7. The van der Waals surface area contributed by atoms with Gasteiger partial charge in [-0.2, -0.15) is 5.26 Å². The van der Waals surface area contributed by atoms with Crippen molar-refractivity contribution in [2.75, 3.05) is 28.6 Å². The Morgan fingerprint density at radius 2 is 1.85 bits per heavy atom. The highest BCUT2D eigenvalue weighted by Crippen LogP contribution is 2.19. The molecule has 0 bridgehead atoms. The van der Waals surface area contributed by atoms with Gasteiger partial charge in [-0.05, 0) is 91.4 Å². The number of benzene rings is 2. The third kappa shape index (κ3) is 5.73. The molecule has 2 aromatic carbocycles. The van der Waals surface area contributed by atoms with E-state index in [-0.39, 0.29) is 5.57 Å². The third-order valence-electron chi connectivity index (χ3n) is 4.18. The molecule has 0 aliphatic carbocycles. The average Bonchev–Trinajstić information content (AvgIpc) is 2.66. The number of nitriles is 1. The molecule has 0 aromatic heterocycles. The van der Waals surface area contributed by atoms with Crippen molar-refractivity contribution in [2.45, 2.75) is 20.8 Å². The van der Waals surface area contributed by atoms with Crippen molar-refractivity contribution in [1.29, 1.82) is 5.26 Å². The summed E-state index contributed by atoms with van der Waals surface area (Å²) in [4.78, 5) is 14.6. The lowest BCUT2D eigenvalue weighted by Gasteiger charge is -2.21. The van der Waals surface area contributed by atoms with Gasteiger partial charge in [0.2, 0.25) is 0 Å². The standard InChI is InChI=1S/C21H23IN4O/c1-4-26(5-2)19-9-7-18(8-10-19)24-14-16(13-23)21(27)25-20-11-6-17(22)12-15(20)3/h6-12,14,24H,4-5H2,1-3H3,(H,25,27)/b16-14-. The summed E-state index contributed by atoms with van der Waals surface area (Å²) in [6.07, 6.45) is 1.43. The number of hydrogen-bond acceptors (Lipinski definition) is 4. The molecular formula is C21H23IN4O. The molecule has 2 N–H and O–H groups in total. The number of rotatable bonds is 7. The van der Waals surface area contributed by atoms with Gasteiger partial charge in [-0.15, -0.1) is 0 Å². The van der Waals surface area contributed by atoms with Gasteiger partial charge < -0.3 is 15.5 Å². The summed E-state index contributed by atoms with van der Waals surface area (Å²) >= 11 is 2.22. The van der Waals surface area contributed by atoms with Crippen LogP contribution >= 0.6 is 22.6 Å². The lowest BCUT2D eigenvalue weighted by Crippen LogP contribution is -2.21. The molecular weight excluding hydrogens is 451 g/mol. The van der Waals surface area contributed by atoms with E-state index in [9.17, 15) is 10.1 Å². The molecule has 5 nitrogen and oxygen atoms in total. The molecule has 1 amide bonds. The molecule has 0 radical (unpaired) electrons. The Hall–Kier alpha value is -2.53. The monoisotopic (exact) mass is 474 g/mol. The molecule has 27 heavy (non-hydrogen) atoms. The third-order valence-corrected chi connectivity index (χ3v) is 4.85. The highest BCUT2D eigenvalue weighted by molar-refractivity contribution is 14.1. The van der Waals surface area contributed by atoms with Gasteiger partial charge in [-0.3, -0.25) is 4.79 Å². The number of nitrogens with one attached hydrogen (secondary N) is 2. The van der Waals surface area contributed by atoms with Gasteiger partial charge in [0.05, 0.1) is 0 Å². The number of nitrogens with zero attached hydrogens (tertiary/aromatic N) is 2. The average molecular weight is 474 g/mol. The van der Waals surface area contributed by atoms with Crippen LogP contribution in [0.15, 0.2) is 54.2 Å². The maximum Gasteiger partial charge on any atom is 0.267 e. The highest BCUT2D eigenvalue weighted by Gasteiger charge is 2.11. The van der Waals surface area contributed by atoms with E-state index in [0.717, 1.165) is 33.6 Å². The van der Waals surface area contributed by atoms with Gasteiger partial charge in [-0.1, -0.05) is 0 Å². The van der Waals surface area contributed by atoms with Crippen molar-refractivity contribution in [3.8, 4) is 6.07 Å². The molecule has 2 aromatic rings. The zero-order valence-corrected chi connectivity index (χ0v) is 17.9. The van der Waals surface area contributed by atoms with Crippen LogP contribution in [0.5, 0.6) is 0 Å². The van der Waals surface area contributed by atoms with Gasteiger partial charge in [0.25, 0.3) is 5.91 Å². The van der Waals surface area contributed by atoms with E-state index in [1.807, 2.05) is 55.5 Å². The first kappa shape index (κ1) is 20.8. The first-order valence-corrected chi connectivity index (χ1v) is 9.85. The Morgan fingerprint density at radius 1 is 1.19 bits per heavy atom. The SMILES string of the molecule is CCN(CC)c1ccc(N/C=C(/C#N)C(=O)Nc2ccc(I)cc2C)cc1. The molecule has 0 aliphatic heterocycles. The van der Waals surface area contributed by atoms with Crippen LogP contribution in [0.3, 0.4) is 0 Å². The molecule has 140 valence electrons. The fourth-order valence-electron chi connectivity index (χ4n) is 2.62. The summed E-state index contributed by atoms with van der Waals surface area (Å²) in [6, 6.07) is 15.6. The van der Waals surface area contributed by atoms with Crippen LogP contribution in [-0.2, 0) is 4.79 Å². The number of carbonyl (C=O) groups is 1. The molecule has 0 spiro atoms. The lowest BCUT2D eigenvalue weighted by molar-refractivity contribution is -0.112. The van der Waals surface area contributed by atoms with Crippen molar-refractivity contribution in [3.05, 3.63) is 63.4 Å². The lowest BCUT2D eigenvalue weighted by atomic mass is 10.2. The van der Waals surface area contributed by atoms with Crippen molar-refractivity contribution in [3.63, 3.8) is 0 Å². The molecule has 2 rings (SSSR count). The predicted octanol–water partition coefficient (Wildman–Crippen LogP) is 4.90. The maximum atomic E-state index is 12.4. The van der Waals surface area contributed by atoms with Crippen LogP contribution in [0.2, 0.25) is 0 Å². The number of carbonyl (C=O) groups excluding carboxylic acids is 1. The molecule has 0 fully saturated rings. The van der Waals surface area contributed by atoms with Gasteiger partial charge in [0, 0.05) is 39.9 Å². The van der Waals surface area contributed by atoms with E-state index < -0.39 is 5.91 Å². The van der Waals surface area contributed by atoms with Crippen LogP contribution in [-0.4, -0.2) is 19.0 Å². The Bertz CT molecular complexity index is 865. The quantitative estimate of drug-likeness (QED) is 0.340. The second-order valence-electron chi connectivity index (χ2n) is 5.95. The Kier molecular flexibility index (Phi) is 7.67. The number of anilines is 3. The molecule has 0 unspecified atom stereocenters. The minimum absolute atomic E-state index is 0.0146. The van der Waals surface area contributed by atoms with E-state index in [2.05, 4.69) is 52.0 Å². The molecule has 0 saturated heterocycles. The Labute approximate surface area is 174 Å². The summed E-state index contributed by atoms with van der Waals surface area (Å²) in [6.45, 7) is 8.04. The van der Waals surface area contributed by atoms with E-state index in [1.54, 1.807) is 0 Å². The highest BCUT2D eigenvalue weighted by atomic mass is 127. The summed E-state index contributed by atoms with van der Waals surface area (Å²) < 4.78 is 1.09. The normalized spacial score (nSPS) is 10.9.